The molecule has 0 bridgehead atoms. The summed E-state index contributed by atoms with van der Waals surface area (Å²) in [5, 5.41) is 12.9. The molecule has 2 aromatic rings. The van der Waals surface area contributed by atoms with E-state index in [1.165, 1.54) is 16.2 Å². The fourth-order valence-corrected chi connectivity index (χ4v) is 4.19. The molecule has 1 unspecified atom stereocenters. The molecule has 154 valence electrons. The highest BCUT2D eigenvalue weighted by atomic mass is 32.1. The number of thiophene rings is 1. The number of ether oxygens (including phenoxy) is 2. The maximum Gasteiger partial charge on any atom is 0.295 e. The molecule has 6 nitrogen and oxygen atoms in total. The van der Waals surface area contributed by atoms with Crippen LogP contribution in [0.4, 0.5) is 0 Å². The summed E-state index contributed by atoms with van der Waals surface area (Å²) in [6.07, 6.45) is 1.47. The summed E-state index contributed by atoms with van der Waals surface area (Å²) < 4.78 is 10.7. The standard InChI is InChI=1S/C22H25NO5S/c1-3-11-28-16-8-4-7-15(14-16)20(24)18-19(17-9-5-13-29-17)23(10-6-12-27-2)22(26)21(18)25/h4-5,7-9,13-14,19,24H,3,6,10-12H2,1-2H3/b20-18+. The van der Waals surface area contributed by atoms with Crippen LogP contribution in [0.2, 0.25) is 0 Å². The number of methoxy groups -OCH3 is 1. The van der Waals surface area contributed by atoms with Crippen LogP contribution in [0.1, 0.15) is 36.2 Å². The Morgan fingerprint density at radius 1 is 1.21 bits per heavy atom. The molecule has 1 aliphatic heterocycles. The van der Waals surface area contributed by atoms with E-state index >= 15 is 0 Å². The number of benzene rings is 1. The Labute approximate surface area is 174 Å². The molecule has 0 radical (unpaired) electrons. The minimum absolute atomic E-state index is 0.113. The number of hydrogen-bond donors (Lipinski definition) is 1. The first-order valence-corrected chi connectivity index (χ1v) is 10.5. The number of carbonyl (C=O) groups excluding carboxylic acids is 2. The lowest BCUT2D eigenvalue weighted by molar-refractivity contribution is -0.140. The highest BCUT2D eigenvalue weighted by molar-refractivity contribution is 7.10. The number of rotatable bonds is 9. The number of nitrogens with zero attached hydrogens (tertiary/aromatic N) is 1. The van der Waals surface area contributed by atoms with Gasteiger partial charge in [-0.2, -0.15) is 0 Å². The van der Waals surface area contributed by atoms with Gasteiger partial charge in [0.05, 0.1) is 18.2 Å². The lowest BCUT2D eigenvalue weighted by atomic mass is 9.99. The first-order chi connectivity index (χ1) is 14.1. The summed E-state index contributed by atoms with van der Waals surface area (Å²) in [7, 11) is 1.60. The van der Waals surface area contributed by atoms with Crippen LogP contribution in [0, 0.1) is 0 Å². The predicted octanol–water partition coefficient (Wildman–Crippen LogP) is 4.00. The molecule has 1 fully saturated rings. The van der Waals surface area contributed by atoms with Gasteiger partial charge in [0, 0.05) is 30.7 Å². The second-order valence-electron chi connectivity index (χ2n) is 6.73. The molecule has 1 atom stereocenters. The first-order valence-electron chi connectivity index (χ1n) is 9.62. The summed E-state index contributed by atoms with van der Waals surface area (Å²) in [6, 6.07) is 10.1. The lowest BCUT2D eigenvalue weighted by Gasteiger charge is -2.24. The molecule has 1 amide bonds. The Morgan fingerprint density at radius 3 is 2.72 bits per heavy atom. The maximum atomic E-state index is 12.9. The van der Waals surface area contributed by atoms with Gasteiger partial charge < -0.3 is 19.5 Å². The van der Waals surface area contributed by atoms with Crippen molar-refractivity contribution in [3.63, 3.8) is 0 Å². The van der Waals surface area contributed by atoms with Crippen molar-refractivity contribution in [2.45, 2.75) is 25.8 Å². The van der Waals surface area contributed by atoms with E-state index in [9.17, 15) is 14.7 Å². The minimum atomic E-state index is -0.668. The van der Waals surface area contributed by atoms with Crippen molar-refractivity contribution < 1.29 is 24.2 Å². The van der Waals surface area contributed by atoms with E-state index in [-0.39, 0.29) is 11.3 Å². The molecule has 0 aliphatic carbocycles. The van der Waals surface area contributed by atoms with Crippen LogP contribution in [-0.4, -0.2) is 48.6 Å². The van der Waals surface area contributed by atoms with Gasteiger partial charge in [-0.3, -0.25) is 9.59 Å². The summed E-state index contributed by atoms with van der Waals surface area (Å²) >= 11 is 1.45. The van der Waals surface area contributed by atoms with Crippen LogP contribution in [0.25, 0.3) is 5.76 Å². The maximum absolute atomic E-state index is 12.9. The average Bonchev–Trinajstić information content (AvgIpc) is 3.34. The second-order valence-corrected chi connectivity index (χ2v) is 7.71. The van der Waals surface area contributed by atoms with Gasteiger partial charge in [-0.25, -0.2) is 0 Å². The molecule has 1 aromatic carbocycles. The molecule has 3 rings (SSSR count). The number of hydrogen-bond acceptors (Lipinski definition) is 6. The van der Waals surface area contributed by atoms with E-state index in [1.807, 2.05) is 24.4 Å². The third kappa shape index (κ3) is 4.52. The van der Waals surface area contributed by atoms with Crippen molar-refractivity contribution in [2.75, 3.05) is 26.9 Å². The SMILES string of the molecule is CCCOc1cccc(/C(O)=C2\C(=O)C(=O)N(CCCOC)C2c2cccs2)c1. The Balaban J connectivity index is 2.02. The first kappa shape index (κ1) is 21.1. The normalized spacial score (nSPS) is 18.4. The number of ketones is 1. The third-order valence-electron chi connectivity index (χ3n) is 4.68. The zero-order chi connectivity index (χ0) is 20.8. The van der Waals surface area contributed by atoms with E-state index < -0.39 is 17.7 Å². The Bertz CT molecular complexity index is 890. The number of Topliss-reactive ketones (excluding diaryl/α,β-unsaturated/α-hetero) is 1. The van der Waals surface area contributed by atoms with Gasteiger partial charge in [0.25, 0.3) is 11.7 Å². The molecule has 0 saturated carbocycles. The third-order valence-corrected chi connectivity index (χ3v) is 5.61. The van der Waals surface area contributed by atoms with Crippen molar-refractivity contribution in [3.05, 3.63) is 57.8 Å². The molecule has 7 heteroatoms. The van der Waals surface area contributed by atoms with Gasteiger partial charge in [-0.1, -0.05) is 25.1 Å². The molecular weight excluding hydrogens is 390 g/mol. The van der Waals surface area contributed by atoms with Crippen LogP contribution in [0.3, 0.4) is 0 Å². The van der Waals surface area contributed by atoms with E-state index in [4.69, 9.17) is 9.47 Å². The largest absolute Gasteiger partial charge is 0.507 e. The zero-order valence-electron chi connectivity index (χ0n) is 16.6. The molecule has 1 aromatic heterocycles. The quantitative estimate of drug-likeness (QED) is 0.290. The Kier molecular flexibility index (Phi) is 7.06. The van der Waals surface area contributed by atoms with Gasteiger partial charge in [0.1, 0.15) is 11.5 Å². The van der Waals surface area contributed by atoms with Gasteiger partial charge >= 0.3 is 0 Å². The number of amides is 1. The zero-order valence-corrected chi connectivity index (χ0v) is 17.4. The van der Waals surface area contributed by atoms with Crippen LogP contribution >= 0.6 is 11.3 Å². The summed E-state index contributed by atoms with van der Waals surface area (Å²) in [5.74, 6) is -0.839. The van der Waals surface area contributed by atoms with Gasteiger partial charge in [0.15, 0.2) is 0 Å². The molecule has 0 spiro atoms. The molecule has 1 saturated heterocycles. The smallest absolute Gasteiger partial charge is 0.295 e. The monoisotopic (exact) mass is 415 g/mol. The van der Waals surface area contributed by atoms with E-state index in [0.29, 0.717) is 37.5 Å². The van der Waals surface area contributed by atoms with E-state index in [2.05, 4.69) is 0 Å². The Hall–Kier alpha value is -2.64. The molecular formula is C22H25NO5S. The number of aliphatic hydroxyl groups excluding tert-OH is 1. The van der Waals surface area contributed by atoms with Gasteiger partial charge in [0.2, 0.25) is 0 Å². The minimum Gasteiger partial charge on any atom is -0.507 e. The van der Waals surface area contributed by atoms with Gasteiger partial charge in [-0.15, -0.1) is 11.3 Å². The predicted molar refractivity (Wildman–Crippen MR) is 112 cm³/mol. The lowest BCUT2D eigenvalue weighted by Crippen LogP contribution is -2.31. The van der Waals surface area contributed by atoms with Crippen LogP contribution in [-0.2, 0) is 14.3 Å². The van der Waals surface area contributed by atoms with Crippen molar-refractivity contribution in [3.8, 4) is 5.75 Å². The average molecular weight is 416 g/mol. The van der Waals surface area contributed by atoms with Crippen molar-refractivity contribution in [2.24, 2.45) is 0 Å². The fourth-order valence-electron chi connectivity index (χ4n) is 3.34. The van der Waals surface area contributed by atoms with Crippen LogP contribution in [0.15, 0.2) is 47.4 Å². The van der Waals surface area contributed by atoms with Crippen molar-refractivity contribution in [1.82, 2.24) is 4.90 Å². The molecule has 1 aliphatic rings. The highest BCUT2D eigenvalue weighted by Gasteiger charge is 2.46. The number of carbonyl (C=O) groups is 2. The van der Waals surface area contributed by atoms with Crippen LogP contribution < -0.4 is 4.74 Å². The van der Waals surface area contributed by atoms with E-state index in [1.54, 1.807) is 31.4 Å². The topological polar surface area (TPSA) is 76.1 Å². The highest BCUT2D eigenvalue weighted by Crippen LogP contribution is 2.41. The number of aliphatic hydroxyl groups is 1. The van der Waals surface area contributed by atoms with Crippen molar-refractivity contribution >= 4 is 28.8 Å². The molecule has 29 heavy (non-hydrogen) atoms. The molecule has 1 N–H and O–H groups in total. The van der Waals surface area contributed by atoms with Crippen molar-refractivity contribution in [1.29, 1.82) is 0 Å². The second kappa shape index (κ2) is 9.71. The summed E-state index contributed by atoms with van der Waals surface area (Å²) in [5.41, 5.74) is 0.567. The summed E-state index contributed by atoms with van der Waals surface area (Å²) in [4.78, 5) is 27.9. The fraction of sp³-hybridized carbons (Fsp3) is 0.364. The van der Waals surface area contributed by atoms with Gasteiger partial charge in [-0.05, 0) is 36.4 Å². The number of likely N-dealkylation sites (tertiary alicyclic amines) is 1. The summed E-state index contributed by atoms with van der Waals surface area (Å²) in [6.45, 7) is 3.42. The molecule has 2 heterocycles. The van der Waals surface area contributed by atoms with E-state index in [0.717, 1.165) is 11.3 Å². The van der Waals surface area contributed by atoms with Crippen LogP contribution in [0.5, 0.6) is 5.75 Å². The Morgan fingerprint density at radius 2 is 2.03 bits per heavy atom.